The minimum Gasteiger partial charge on any atom is -0.468 e. The first kappa shape index (κ1) is 27.8. The quantitative estimate of drug-likeness (QED) is 0.233. The Morgan fingerprint density at radius 3 is 2.14 bits per heavy atom. The molecular formula is C29H43BO4Si. The van der Waals surface area contributed by atoms with Gasteiger partial charge in [-0.05, 0) is 78.8 Å². The Labute approximate surface area is 214 Å². The van der Waals surface area contributed by atoms with E-state index in [2.05, 4.69) is 86.3 Å². The van der Waals surface area contributed by atoms with E-state index in [1.165, 1.54) is 0 Å². The van der Waals surface area contributed by atoms with E-state index in [0.717, 1.165) is 27.5 Å². The van der Waals surface area contributed by atoms with Gasteiger partial charge in [-0.25, -0.2) is 0 Å². The van der Waals surface area contributed by atoms with E-state index >= 15 is 0 Å². The fourth-order valence-electron chi connectivity index (χ4n) is 7.23. The van der Waals surface area contributed by atoms with Crippen molar-refractivity contribution in [2.75, 3.05) is 13.9 Å². The van der Waals surface area contributed by atoms with Crippen LogP contribution in [0.15, 0.2) is 30.3 Å². The SMILES string of the molecule is CC#Cc1cccc2cc(OCOC)cc(B3OC(C)(C)C(C)([Si](C(C)C)(C(C)C)C(C)C)O3)c12. The van der Waals surface area contributed by atoms with Crippen LogP contribution in [0.3, 0.4) is 0 Å². The van der Waals surface area contributed by atoms with E-state index in [4.69, 9.17) is 18.8 Å². The molecule has 3 rings (SSSR count). The number of hydrogen-bond acceptors (Lipinski definition) is 4. The second-order valence-corrected chi connectivity index (χ2v) is 17.6. The molecule has 1 fully saturated rings. The molecule has 1 saturated heterocycles. The van der Waals surface area contributed by atoms with E-state index < -0.39 is 26.0 Å². The summed E-state index contributed by atoms with van der Waals surface area (Å²) in [5, 5.41) is 1.71. The van der Waals surface area contributed by atoms with Gasteiger partial charge in [-0.1, -0.05) is 59.6 Å². The van der Waals surface area contributed by atoms with Gasteiger partial charge in [0.15, 0.2) is 6.79 Å². The Bertz CT molecular complexity index is 1090. The first-order valence-electron chi connectivity index (χ1n) is 12.8. The summed E-state index contributed by atoms with van der Waals surface area (Å²) < 4.78 is 25.2. The molecule has 1 atom stereocenters. The molecular weight excluding hydrogens is 451 g/mol. The smallest absolute Gasteiger partial charge is 0.468 e. The molecule has 4 nitrogen and oxygen atoms in total. The fraction of sp³-hybridized carbons (Fsp3) is 0.586. The molecule has 2 aromatic rings. The number of rotatable bonds is 8. The molecule has 0 saturated carbocycles. The van der Waals surface area contributed by atoms with Crippen LogP contribution in [0.5, 0.6) is 5.75 Å². The minimum atomic E-state index is -2.09. The van der Waals surface area contributed by atoms with Crippen LogP contribution in [-0.2, 0) is 14.0 Å². The van der Waals surface area contributed by atoms with Gasteiger partial charge >= 0.3 is 7.12 Å². The van der Waals surface area contributed by atoms with Crippen molar-refractivity contribution in [2.45, 2.75) is 96.7 Å². The maximum atomic E-state index is 7.20. The number of fused-ring (bicyclic) bond motifs is 1. The second-order valence-electron chi connectivity index (χ2n) is 11.4. The average Bonchev–Trinajstić information content (AvgIpc) is 3.00. The molecule has 0 radical (unpaired) electrons. The predicted molar refractivity (Wildman–Crippen MR) is 150 cm³/mol. The Hall–Kier alpha value is -1.78. The van der Waals surface area contributed by atoms with Crippen LogP contribution in [0.25, 0.3) is 10.8 Å². The zero-order chi connectivity index (χ0) is 26.2. The normalized spacial score (nSPS) is 20.1. The Morgan fingerprint density at radius 2 is 1.60 bits per heavy atom. The number of benzene rings is 2. The van der Waals surface area contributed by atoms with Crippen molar-refractivity contribution in [1.82, 2.24) is 0 Å². The molecule has 2 aromatic carbocycles. The van der Waals surface area contributed by atoms with Gasteiger partial charge in [0.25, 0.3) is 0 Å². The molecule has 0 amide bonds. The van der Waals surface area contributed by atoms with Crippen molar-refractivity contribution in [3.63, 3.8) is 0 Å². The first-order chi connectivity index (χ1) is 16.4. The molecule has 0 N–H and O–H groups in total. The maximum Gasteiger partial charge on any atom is 0.495 e. The van der Waals surface area contributed by atoms with Crippen LogP contribution in [-0.4, -0.2) is 39.9 Å². The van der Waals surface area contributed by atoms with Crippen LogP contribution in [0.4, 0.5) is 0 Å². The van der Waals surface area contributed by atoms with E-state index in [1.807, 2.05) is 25.1 Å². The topological polar surface area (TPSA) is 36.9 Å². The highest BCUT2D eigenvalue weighted by Crippen LogP contribution is 2.56. The summed E-state index contributed by atoms with van der Waals surface area (Å²) >= 11 is 0. The highest BCUT2D eigenvalue weighted by atomic mass is 28.3. The summed E-state index contributed by atoms with van der Waals surface area (Å²) in [5.41, 5.74) is 3.06. The molecule has 0 bridgehead atoms. The molecule has 1 aliphatic heterocycles. The highest BCUT2D eigenvalue weighted by Gasteiger charge is 2.68. The van der Waals surface area contributed by atoms with Crippen LogP contribution in [0.1, 0.15) is 74.8 Å². The van der Waals surface area contributed by atoms with Crippen LogP contribution < -0.4 is 10.2 Å². The van der Waals surface area contributed by atoms with Gasteiger partial charge in [0, 0.05) is 12.7 Å². The van der Waals surface area contributed by atoms with Gasteiger partial charge in [0.1, 0.15) is 13.8 Å². The molecule has 1 unspecified atom stereocenters. The molecule has 190 valence electrons. The van der Waals surface area contributed by atoms with Gasteiger partial charge < -0.3 is 18.8 Å². The third-order valence-electron chi connectivity index (χ3n) is 8.42. The lowest BCUT2D eigenvalue weighted by Crippen LogP contribution is -2.70. The third kappa shape index (κ3) is 4.46. The van der Waals surface area contributed by atoms with Crippen LogP contribution >= 0.6 is 0 Å². The summed E-state index contributed by atoms with van der Waals surface area (Å²) in [6.07, 6.45) is 0. The van der Waals surface area contributed by atoms with Crippen molar-refractivity contribution in [1.29, 1.82) is 0 Å². The summed E-state index contributed by atoms with van der Waals surface area (Å²) in [7, 11) is -0.981. The highest BCUT2D eigenvalue weighted by molar-refractivity contribution is 6.87. The largest absolute Gasteiger partial charge is 0.495 e. The maximum absolute atomic E-state index is 7.20. The summed E-state index contributed by atoms with van der Waals surface area (Å²) in [6.45, 7) is 23.1. The molecule has 35 heavy (non-hydrogen) atoms. The fourth-order valence-corrected chi connectivity index (χ4v) is 15.9. The molecule has 6 heteroatoms. The molecule has 0 aliphatic carbocycles. The van der Waals surface area contributed by atoms with Crippen LogP contribution in [0, 0.1) is 11.8 Å². The first-order valence-corrected chi connectivity index (χ1v) is 15.1. The van der Waals surface area contributed by atoms with Gasteiger partial charge in [0.2, 0.25) is 0 Å². The van der Waals surface area contributed by atoms with Gasteiger partial charge in [0.05, 0.1) is 10.8 Å². The van der Waals surface area contributed by atoms with E-state index in [0.29, 0.717) is 16.6 Å². The molecule has 1 heterocycles. The zero-order valence-corrected chi connectivity index (χ0v) is 24.5. The lowest BCUT2D eigenvalue weighted by atomic mass is 9.75. The van der Waals surface area contributed by atoms with Crippen molar-refractivity contribution in [3.8, 4) is 17.6 Å². The van der Waals surface area contributed by atoms with Crippen molar-refractivity contribution in [2.24, 2.45) is 0 Å². The lowest BCUT2D eigenvalue weighted by Gasteiger charge is -2.57. The van der Waals surface area contributed by atoms with Crippen molar-refractivity contribution in [3.05, 3.63) is 35.9 Å². The zero-order valence-electron chi connectivity index (χ0n) is 23.5. The van der Waals surface area contributed by atoms with Gasteiger partial charge in [-0.3, -0.25) is 0 Å². The van der Waals surface area contributed by atoms with E-state index in [1.54, 1.807) is 7.11 Å². The van der Waals surface area contributed by atoms with E-state index in [9.17, 15) is 0 Å². The average molecular weight is 495 g/mol. The predicted octanol–water partition coefficient (Wildman–Crippen LogP) is 6.69. The number of methoxy groups -OCH3 is 1. The lowest BCUT2D eigenvalue weighted by molar-refractivity contribution is 0.0403. The Kier molecular flexibility index (Phi) is 8.18. The van der Waals surface area contributed by atoms with Gasteiger partial charge in [-0.2, -0.15) is 0 Å². The minimum absolute atomic E-state index is 0.180. The van der Waals surface area contributed by atoms with Crippen molar-refractivity contribution < 1.29 is 18.8 Å². The monoisotopic (exact) mass is 494 g/mol. The number of ether oxygens (including phenoxy) is 2. The standard InChI is InChI=1S/C29H43BO4Si/c1-12-14-23-15-13-16-24-17-25(32-19-31-11)18-26(27(23)24)30-33-28(8,9)29(10,34-30)35(20(2)3,21(4)5)22(6)7/h13,15-18,20-22H,19H2,1-11H3. The summed E-state index contributed by atoms with van der Waals surface area (Å²) in [6, 6.07) is 10.3. The van der Waals surface area contributed by atoms with Crippen LogP contribution in [0.2, 0.25) is 16.6 Å². The Morgan fingerprint density at radius 1 is 0.971 bits per heavy atom. The molecule has 0 aromatic heterocycles. The number of hydrogen-bond donors (Lipinski definition) is 0. The van der Waals surface area contributed by atoms with Gasteiger partial charge in [-0.15, -0.1) is 5.92 Å². The molecule has 1 aliphatic rings. The second kappa shape index (κ2) is 10.3. The summed E-state index contributed by atoms with van der Waals surface area (Å²) in [5.74, 6) is 7.08. The Balaban J connectivity index is 2.27. The van der Waals surface area contributed by atoms with Crippen molar-refractivity contribution >= 4 is 31.4 Å². The molecule has 0 spiro atoms. The third-order valence-corrected chi connectivity index (χ3v) is 16.5. The summed E-state index contributed by atoms with van der Waals surface area (Å²) in [4.78, 5) is 0. The van der Waals surface area contributed by atoms with E-state index in [-0.39, 0.29) is 6.79 Å².